The number of likely N-dealkylation sites (N-methyl/N-ethyl adjacent to an activating group) is 1. The van der Waals surface area contributed by atoms with Gasteiger partial charge in [0, 0.05) is 30.6 Å². The van der Waals surface area contributed by atoms with Gasteiger partial charge in [0.15, 0.2) is 6.10 Å². The number of nitrogens with two attached hydrogens (primary N) is 1. The minimum absolute atomic E-state index is 0.0686. The summed E-state index contributed by atoms with van der Waals surface area (Å²) >= 11 is 0. The van der Waals surface area contributed by atoms with Crippen molar-refractivity contribution in [1.29, 1.82) is 0 Å². The van der Waals surface area contributed by atoms with Gasteiger partial charge in [0.2, 0.25) is 0 Å². The molecule has 0 bridgehead atoms. The van der Waals surface area contributed by atoms with Gasteiger partial charge in [0.05, 0.1) is 0 Å². The summed E-state index contributed by atoms with van der Waals surface area (Å²) in [6, 6.07) is 11.3. The van der Waals surface area contributed by atoms with Crippen LogP contribution in [-0.2, 0) is 4.79 Å². The summed E-state index contributed by atoms with van der Waals surface area (Å²) in [5, 5.41) is 1.85. The Bertz CT molecular complexity index is 608. The van der Waals surface area contributed by atoms with Crippen LogP contribution in [0.2, 0.25) is 0 Å². The number of rotatable bonds is 3. The highest BCUT2D eigenvalue weighted by molar-refractivity contribution is 5.97. The van der Waals surface area contributed by atoms with E-state index in [1.54, 1.807) is 33.2 Å². The number of amides is 1. The highest BCUT2D eigenvalue weighted by Crippen LogP contribution is 2.30. The van der Waals surface area contributed by atoms with Crippen LogP contribution in [0.15, 0.2) is 36.4 Å². The van der Waals surface area contributed by atoms with Crippen LogP contribution in [0.25, 0.3) is 10.8 Å². The van der Waals surface area contributed by atoms with Gasteiger partial charge in [-0.05, 0) is 19.1 Å². The van der Waals surface area contributed by atoms with Crippen LogP contribution in [0.3, 0.4) is 0 Å². The predicted molar refractivity (Wildman–Crippen MR) is 77.1 cm³/mol. The number of ether oxygens (including phenoxy) is 1. The number of nitrogen functional groups attached to an aromatic ring is 1. The molecule has 0 fully saturated rings. The minimum atomic E-state index is -0.526. The van der Waals surface area contributed by atoms with Gasteiger partial charge in [-0.3, -0.25) is 4.79 Å². The van der Waals surface area contributed by atoms with Gasteiger partial charge in [-0.2, -0.15) is 0 Å². The molecular weight excluding hydrogens is 240 g/mol. The van der Waals surface area contributed by atoms with Gasteiger partial charge in [-0.15, -0.1) is 0 Å². The van der Waals surface area contributed by atoms with Crippen LogP contribution in [0, 0.1) is 0 Å². The molecule has 0 spiro atoms. The Morgan fingerprint density at radius 3 is 2.42 bits per heavy atom. The summed E-state index contributed by atoms with van der Waals surface area (Å²) in [6.07, 6.45) is -0.526. The fourth-order valence-electron chi connectivity index (χ4n) is 2.00. The third kappa shape index (κ3) is 2.62. The number of hydrogen-bond acceptors (Lipinski definition) is 3. The normalized spacial score (nSPS) is 12.2. The zero-order valence-electron chi connectivity index (χ0n) is 11.4. The molecule has 0 aromatic heterocycles. The Labute approximate surface area is 112 Å². The van der Waals surface area contributed by atoms with Crippen molar-refractivity contribution in [1.82, 2.24) is 4.90 Å². The average molecular weight is 258 g/mol. The number of nitrogens with zero attached hydrogens (tertiary/aromatic N) is 1. The SMILES string of the molecule is CC(Oc1ccc(N)c2ccccc12)C(=O)N(C)C. The van der Waals surface area contributed by atoms with Gasteiger partial charge < -0.3 is 15.4 Å². The molecule has 0 saturated carbocycles. The van der Waals surface area contributed by atoms with Crippen LogP contribution >= 0.6 is 0 Å². The van der Waals surface area contributed by atoms with E-state index in [1.807, 2.05) is 24.3 Å². The Hall–Kier alpha value is -2.23. The smallest absolute Gasteiger partial charge is 0.262 e. The number of benzene rings is 2. The van der Waals surface area contributed by atoms with Crippen molar-refractivity contribution >= 4 is 22.4 Å². The molecule has 0 aliphatic heterocycles. The van der Waals surface area contributed by atoms with E-state index in [4.69, 9.17) is 10.5 Å². The van der Waals surface area contributed by atoms with Gasteiger partial charge >= 0.3 is 0 Å². The molecule has 4 nitrogen and oxygen atoms in total. The quantitative estimate of drug-likeness (QED) is 0.859. The Morgan fingerprint density at radius 2 is 1.79 bits per heavy atom. The summed E-state index contributed by atoms with van der Waals surface area (Å²) < 4.78 is 5.76. The van der Waals surface area contributed by atoms with Gasteiger partial charge in [0.1, 0.15) is 5.75 Å². The van der Waals surface area contributed by atoms with Crippen molar-refractivity contribution in [2.24, 2.45) is 0 Å². The molecule has 0 heterocycles. The first-order valence-electron chi connectivity index (χ1n) is 6.15. The fourth-order valence-corrected chi connectivity index (χ4v) is 2.00. The first-order chi connectivity index (χ1) is 9.00. The van der Waals surface area contributed by atoms with Crippen molar-refractivity contribution < 1.29 is 9.53 Å². The molecule has 2 aromatic rings. The van der Waals surface area contributed by atoms with Crippen LogP contribution in [-0.4, -0.2) is 31.0 Å². The van der Waals surface area contributed by atoms with E-state index in [0.717, 1.165) is 10.8 Å². The maximum atomic E-state index is 11.8. The standard InChI is InChI=1S/C15H18N2O2/c1-10(15(18)17(2)3)19-14-9-8-13(16)11-6-4-5-7-12(11)14/h4-10H,16H2,1-3H3. The lowest BCUT2D eigenvalue weighted by atomic mass is 10.1. The molecular formula is C15H18N2O2. The zero-order chi connectivity index (χ0) is 14.0. The maximum absolute atomic E-state index is 11.8. The molecule has 4 heteroatoms. The molecule has 100 valence electrons. The Balaban J connectivity index is 2.36. The monoisotopic (exact) mass is 258 g/mol. The van der Waals surface area contributed by atoms with E-state index >= 15 is 0 Å². The molecule has 0 aliphatic rings. The predicted octanol–water partition coefficient (Wildman–Crippen LogP) is 2.28. The van der Waals surface area contributed by atoms with Crippen molar-refractivity contribution in [2.45, 2.75) is 13.0 Å². The number of carbonyl (C=O) groups is 1. The van der Waals surface area contributed by atoms with Crippen LogP contribution in [0.5, 0.6) is 5.75 Å². The minimum Gasteiger partial charge on any atom is -0.480 e. The zero-order valence-corrected chi connectivity index (χ0v) is 11.4. The van der Waals surface area contributed by atoms with Crippen LogP contribution < -0.4 is 10.5 Å². The molecule has 2 rings (SSSR count). The third-order valence-electron chi connectivity index (χ3n) is 3.01. The van der Waals surface area contributed by atoms with Crippen LogP contribution in [0.1, 0.15) is 6.92 Å². The van der Waals surface area contributed by atoms with Gasteiger partial charge in [-0.1, -0.05) is 24.3 Å². The van der Waals surface area contributed by atoms with Gasteiger partial charge in [0.25, 0.3) is 5.91 Å². The van der Waals surface area contributed by atoms with E-state index in [0.29, 0.717) is 11.4 Å². The van der Waals surface area contributed by atoms with Crippen molar-refractivity contribution in [2.75, 3.05) is 19.8 Å². The maximum Gasteiger partial charge on any atom is 0.262 e. The topological polar surface area (TPSA) is 55.6 Å². The lowest BCUT2D eigenvalue weighted by Gasteiger charge is -2.19. The van der Waals surface area contributed by atoms with Crippen LogP contribution in [0.4, 0.5) is 5.69 Å². The number of hydrogen-bond donors (Lipinski definition) is 1. The first-order valence-corrected chi connectivity index (χ1v) is 6.15. The number of anilines is 1. The Morgan fingerprint density at radius 1 is 1.16 bits per heavy atom. The summed E-state index contributed by atoms with van der Waals surface area (Å²) in [6.45, 7) is 1.74. The van der Waals surface area contributed by atoms with Gasteiger partial charge in [-0.25, -0.2) is 0 Å². The molecule has 0 radical (unpaired) electrons. The summed E-state index contributed by atoms with van der Waals surface area (Å²) in [4.78, 5) is 13.3. The molecule has 0 aliphatic carbocycles. The highest BCUT2D eigenvalue weighted by Gasteiger charge is 2.17. The molecule has 1 unspecified atom stereocenters. The molecule has 2 N–H and O–H groups in total. The van der Waals surface area contributed by atoms with E-state index in [1.165, 1.54) is 4.90 Å². The average Bonchev–Trinajstić information content (AvgIpc) is 2.41. The number of fused-ring (bicyclic) bond motifs is 1. The van der Waals surface area contributed by atoms with E-state index < -0.39 is 6.10 Å². The molecule has 19 heavy (non-hydrogen) atoms. The van der Waals surface area contributed by atoms with Crippen molar-refractivity contribution in [3.8, 4) is 5.75 Å². The highest BCUT2D eigenvalue weighted by atomic mass is 16.5. The molecule has 1 amide bonds. The first kappa shape index (κ1) is 13.2. The summed E-state index contributed by atoms with van der Waals surface area (Å²) in [5.41, 5.74) is 6.64. The lowest BCUT2D eigenvalue weighted by molar-refractivity contribution is -0.135. The van der Waals surface area contributed by atoms with E-state index in [2.05, 4.69) is 0 Å². The second-order valence-corrected chi connectivity index (χ2v) is 4.69. The van der Waals surface area contributed by atoms with E-state index in [-0.39, 0.29) is 5.91 Å². The van der Waals surface area contributed by atoms with Crippen molar-refractivity contribution in [3.05, 3.63) is 36.4 Å². The second kappa shape index (κ2) is 5.18. The van der Waals surface area contributed by atoms with E-state index in [9.17, 15) is 4.79 Å². The molecule has 1 atom stereocenters. The summed E-state index contributed by atoms with van der Waals surface area (Å²) in [7, 11) is 3.42. The lowest BCUT2D eigenvalue weighted by Crippen LogP contribution is -2.35. The fraction of sp³-hybridized carbons (Fsp3) is 0.267. The van der Waals surface area contributed by atoms with Crippen molar-refractivity contribution in [3.63, 3.8) is 0 Å². The molecule has 2 aromatic carbocycles. The summed E-state index contributed by atoms with van der Waals surface area (Å²) in [5.74, 6) is 0.605. The second-order valence-electron chi connectivity index (χ2n) is 4.69. The third-order valence-corrected chi connectivity index (χ3v) is 3.01. The Kier molecular flexibility index (Phi) is 3.60. The largest absolute Gasteiger partial charge is 0.480 e. The number of carbonyl (C=O) groups excluding carboxylic acids is 1. The molecule has 0 saturated heterocycles.